The van der Waals surface area contributed by atoms with Gasteiger partial charge in [-0.3, -0.25) is 0 Å². The molecule has 1 nitrogen and oxygen atoms in total. The average Bonchev–Trinajstić information content (AvgIpc) is 2.69. The molecule has 0 radical (unpaired) electrons. The fourth-order valence-electron chi connectivity index (χ4n) is 2.43. The average molecular weight is 206 g/mol. The number of benzene rings is 1. The van der Waals surface area contributed by atoms with Gasteiger partial charge in [0.15, 0.2) is 4.93 Å². The Bertz CT molecular complexity index is 336. The molecular weight excluding hydrogens is 192 g/mol. The van der Waals surface area contributed by atoms with E-state index in [-0.39, 0.29) is 4.93 Å². The van der Waals surface area contributed by atoms with Crippen LogP contribution in [0.3, 0.4) is 0 Å². The summed E-state index contributed by atoms with van der Waals surface area (Å²) in [5.74, 6) is 1.91. The van der Waals surface area contributed by atoms with Crippen LogP contribution in [-0.4, -0.2) is 4.93 Å². The summed E-state index contributed by atoms with van der Waals surface area (Å²) in [5.41, 5.74) is 0. The van der Waals surface area contributed by atoms with E-state index < -0.39 is 0 Å². The maximum Gasteiger partial charge on any atom is 0.159 e. The molecule has 2 aliphatic rings. The van der Waals surface area contributed by atoms with E-state index in [1.165, 1.54) is 24.2 Å². The van der Waals surface area contributed by atoms with Crippen molar-refractivity contribution in [1.29, 1.82) is 0 Å². The molecule has 0 aromatic heterocycles. The van der Waals surface area contributed by atoms with Crippen molar-refractivity contribution in [2.75, 3.05) is 0 Å². The van der Waals surface area contributed by atoms with Crippen LogP contribution in [0.15, 0.2) is 29.2 Å². The van der Waals surface area contributed by atoms with Gasteiger partial charge < -0.3 is 4.74 Å². The van der Waals surface area contributed by atoms with Gasteiger partial charge in [-0.1, -0.05) is 30.8 Å². The summed E-state index contributed by atoms with van der Waals surface area (Å²) in [6.45, 7) is 2.32. The molecule has 0 bridgehead atoms. The molecule has 0 amide bonds. The summed E-state index contributed by atoms with van der Waals surface area (Å²) >= 11 is 1.93. The van der Waals surface area contributed by atoms with Crippen molar-refractivity contribution in [3.05, 3.63) is 24.3 Å². The van der Waals surface area contributed by atoms with Crippen molar-refractivity contribution in [1.82, 2.24) is 0 Å². The first kappa shape index (κ1) is 8.66. The molecule has 1 heterocycles. The third kappa shape index (κ3) is 1.24. The van der Waals surface area contributed by atoms with Gasteiger partial charge in [0.1, 0.15) is 5.75 Å². The Kier molecular flexibility index (Phi) is 1.81. The van der Waals surface area contributed by atoms with Gasteiger partial charge in [0.05, 0.1) is 4.90 Å². The van der Waals surface area contributed by atoms with Crippen molar-refractivity contribution in [2.45, 2.75) is 36.0 Å². The Morgan fingerprint density at radius 3 is 3.00 bits per heavy atom. The first-order valence-electron chi connectivity index (χ1n) is 5.24. The van der Waals surface area contributed by atoms with Crippen molar-refractivity contribution in [3.63, 3.8) is 0 Å². The molecule has 14 heavy (non-hydrogen) atoms. The highest BCUT2D eigenvalue weighted by Crippen LogP contribution is 2.55. The summed E-state index contributed by atoms with van der Waals surface area (Å²) in [6.07, 6.45) is 3.71. The van der Waals surface area contributed by atoms with E-state index >= 15 is 0 Å². The highest BCUT2D eigenvalue weighted by atomic mass is 32.2. The molecule has 1 aliphatic heterocycles. The summed E-state index contributed by atoms with van der Waals surface area (Å²) in [6, 6.07) is 8.39. The SMILES string of the molecule is CC1CCC2(C1)Oc1ccccc1S2. The number of hydrogen-bond donors (Lipinski definition) is 0. The molecule has 1 spiro atoms. The van der Waals surface area contributed by atoms with Crippen LogP contribution in [0.4, 0.5) is 0 Å². The van der Waals surface area contributed by atoms with Gasteiger partial charge in [0, 0.05) is 0 Å². The number of hydrogen-bond acceptors (Lipinski definition) is 2. The largest absolute Gasteiger partial charge is 0.475 e. The molecule has 1 fully saturated rings. The van der Waals surface area contributed by atoms with E-state index in [0.717, 1.165) is 11.7 Å². The Labute approximate surface area is 88.8 Å². The summed E-state index contributed by atoms with van der Waals surface area (Å²) in [7, 11) is 0. The molecule has 1 aliphatic carbocycles. The molecule has 1 aromatic rings. The standard InChI is InChI=1S/C12H14OS/c1-9-6-7-12(8-9)13-10-4-2-3-5-11(10)14-12/h2-5,9H,6-8H2,1H3. The molecule has 0 saturated heterocycles. The Morgan fingerprint density at radius 2 is 2.29 bits per heavy atom. The van der Waals surface area contributed by atoms with Crippen LogP contribution in [0.2, 0.25) is 0 Å². The van der Waals surface area contributed by atoms with Gasteiger partial charge >= 0.3 is 0 Å². The molecule has 2 heteroatoms. The second-order valence-electron chi connectivity index (χ2n) is 4.41. The fourth-order valence-corrected chi connectivity index (χ4v) is 3.90. The first-order chi connectivity index (χ1) is 6.77. The quantitative estimate of drug-likeness (QED) is 0.640. The fraction of sp³-hybridized carbons (Fsp3) is 0.500. The molecule has 1 aromatic carbocycles. The molecular formula is C12H14OS. The van der Waals surface area contributed by atoms with Crippen LogP contribution in [0.5, 0.6) is 5.75 Å². The summed E-state index contributed by atoms with van der Waals surface area (Å²) < 4.78 is 6.09. The normalized spacial score (nSPS) is 34.5. The van der Waals surface area contributed by atoms with Gasteiger partial charge in [-0.25, -0.2) is 0 Å². The summed E-state index contributed by atoms with van der Waals surface area (Å²) in [5, 5.41) is 0. The predicted molar refractivity (Wildman–Crippen MR) is 58.7 cm³/mol. The first-order valence-corrected chi connectivity index (χ1v) is 6.06. The van der Waals surface area contributed by atoms with Crippen LogP contribution in [-0.2, 0) is 0 Å². The van der Waals surface area contributed by atoms with Gasteiger partial charge in [0.2, 0.25) is 0 Å². The molecule has 1 saturated carbocycles. The van der Waals surface area contributed by atoms with Crippen molar-refractivity contribution in [2.24, 2.45) is 5.92 Å². The number of rotatable bonds is 0. The summed E-state index contributed by atoms with van der Waals surface area (Å²) in [4.78, 5) is 1.41. The zero-order chi connectivity index (χ0) is 9.60. The van der Waals surface area contributed by atoms with Crippen LogP contribution < -0.4 is 4.74 Å². The Balaban J connectivity index is 1.91. The van der Waals surface area contributed by atoms with Gasteiger partial charge in [-0.05, 0) is 37.3 Å². The van der Waals surface area contributed by atoms with E-state index in [4.69, 9.17) is 4.74 Å². The second kappa shape index (κ2) is 2.93. The zero-order valence-corrected chi connectivity index (χ0v) is 9.14. The lowest BCUT2D eigenvalue weighted by molar-refractivity contribution is 0.177. The third-order valence-electron chi connectivity index (χ3n) is 3.12. The third-order valence-corrected chi connectivity index (χ3v) is 4.50. The van der Waals surface area contributed by atoms with E-state index in [9.17, 15) is 0 Å². The Morgan fingerprint density at radius 1 is 1.43 bits per heavy atom. The minimum atomic E-state index is 0.0864. The topological polar surface area (TPSA) is 9.23 Å². The Hall–Kier alpha value is -0.630. The number of para-hydroxylation sites is 1. The lowest BCUT2D eigenvalue weighted by atomic mass is 10.1. The monoisotopic (exact) mass is 206 g/mol. The minimum Gasteiger partial charge on any atom is -0.475 e. The number of fused-ring (bicyclic) bond motifs is 1. The maximum atomic E-state index is 6.09. The van der Waals surface area contributed by atoms with E-state index in [1.807, 2.05) is 11.8 Å². The number of ether oxygens (including phenoxy) is 1. The highest BCUT2D eigenvalue weighted by molar-refractivity contribution is 8.00. The zero-order valence-electron chi connectivity index (χ0n) is 8.32. The van der Waals surface area contributed by atoms with Crippen LogP contribution in [0, 0.1) is 5.92 Å². The van der Waals surface area contributed by atoms with Gasteiger partial charge in [-0.2, -0.15) is 0 Å². The van der Waals surface area contributed by atoms with E-state index in [2.05, 4.69) is 31.2 Å². The molecule has 3 rings (SSSR count). The predicted octanol–water partition coefficient (Wildman–Crippen LogP) is 3.69. The molecule has 0 N–H and O–H groups in total. The lowest BCUT2D eigenvalue weighted by Crippen LogP contribution is -2.24. The molecule has 2 atom stereocenters. The van der Waals surface area contributed by atoms with E-state index in [0.29, 0.717) is 0 Å². The second-order valence-corrected chi connectivity index (χ2v) is 5.80. The minimum absolute atomic E-state index is 0.0864. The maximum absolute atomic E-state index is 6.09. The lowest BCUT2D eigenvalue weighted by Gasteiger charge is -2.21. The molecule has 74 valence electrons. The van der Waals surface area contributed by atoms with Crippen LogP contribution in [0.25, 0.3) is 0 Å². The number of thioether (sulfide) groups is 1. The van der Waals surface area contributed by atoms with Crippen LogP contribution >= 0.6 is 11.8 Å². The van der Waals surface area contributed by atoms with Crippen LogP contribution in [0.1, 0.15) is 26.2 Å². The van der Waals surface area contributed by atoms with Crippen molar-refractivity contribution < 1.29 is 4.74 Å². The smallest absolute Gasteiger partial charge is 0.159 e. The van der Waals surface area contributed by atoms with Crippen molar-refractivity contribution in [3.8, 4) is 5.75 Å². The van der Waals surface area contributed by atoms with E-state index in [1.54, 1.807) is 0 Å². The molecule has 2 unspecified atom stereocenters. The van der Waals surface area contributed by atoms with Gasteiger partial charge in [-0.15, -0.1) is 0 Å². The van der Waals surface area contributed by atoms with Crippen molar-refractivity contribution >= 4 is 11.8 Å². The van der Waals surface area contributed by atoms with Gasteiger partial charge in [0.25, 0.3) is 0 Å². The highest BCUT2D eigenvalue weighted by Gasteiger charge is 2.45.